The van der Waals surface area contributed by atoms with Gasteiger partial charge in [0.15, 0.2) is 0 Å². The molecule has 2 aromatic heterocycles. The van der Waals surface area contributed by atoms with Crippen LogP contribution in [0, 0.1) is 5.92 Å². The molecule has 340 valence electrons. The Balaban J connectivity index is 0.862. The minimum Gasteiger partial charge on any atom is -0.488 e. The van der Waals surface area contributed by atoms with Gasteiger partial charge in [-0.05, 0) is 103 Å². The van der Waals surface area contributed by atoms with Crippen molar-refractivity contribution in [3.8, 4) is 39.3 Å². The Labute approximate surface area is 381 Å². The molecule has 2 bridgehead atoms. The fourth-order valence-corrected chi connectivity index (χ4v) is 10.5. The molecule has 4 aromatic carbocycles. The molecule has 5 heterocycles. The van der Waals surface area contributed by atoms with E-state index in [-0.39, 0.29) is 35.9 Å². The van der Waals surface area contributed by atoms with Crippen LogP contribution in [-0.2, 0) is 30.4 Å². The minimum absolute atomic E-state index is 0.0607. The van der Waals surface area contributed by atoms with E-state index in [1.807, 2.05) is 53.4 Å². The van der Waals surface area contributed by atoms with E-state index in [9.17, 15) is 19.2 Å². The van der Waals surface area contributed by atoms with Crippen LogP contribution in [0.2, 0.25) is 0 Å². The van der Waals surface area contributed by atoms with Gasteiger partial charge in [-0.15, -0.1) is 0 Å². The number of fused-ring (bicyclic) bond motifs is 6. The fraction of sp³-hybridized carbons (Fsp3) is 0.360. The summed E-state index contributed by atoms with van der Waals surface area (Å²) in [6.45, 7) is 2.66. The van der Waals surface area contributed by atoms with Crippen molar-refractivity contribution >= 4 is 35.0 Å². The molecule has 10 rings (SSSR count). The highest BCUT2D eigenvalue weighted by Crippen LogP contribution is 2.51. The van der Waals surface area contributed by atoms with Crippen LogP contribution in [0.3, 0.4) is 0 Å². The van der Waals surface area contributed by atoms with Crippen LogP contribution in [0.4, 0.5) is 9.59 Å². The number of methoxy groups -OCH3 is 3. The lowest BCUT2D eigenvalue weighted by molar-refractivity contribution is -0.138. The van der Waals surface area contributed by atoms with Gasteiger partial charge < -0.3 is 49.3 Å². The van der Waals surface area contributed by atoms with Gasteiger partial charge in [-0.3, -0.25) is 9.59 Å². The number of H-pyrrole nitrogens is 2. The van der Waals surface area contributed by atoms with Crippen LogP contribution in [0.25, 0.3) is 44.5 Å². The van der Waals surface area contributed by atoms with E-state index >= 15 is 0 Å². The number of piperidine rings is 1. The number of ether oxygens (including phenoxy) is 4. The Morgan fingerprint density at radius 2 is 1.56 bits per heavy atom. The van der Waals surface area contributed by atoms with Gasteiger partial charge in [0.25, 0.3) is 5.91 Å². The van der Waals surface area contributed by atoms with E-state index in [0.29, 0.717) is 24.5 Å². The lowest BCUT2D eigenvalue weighted by Gasteiger charge is -2.36. The smallest absolute Gasteiger partial charge is 0.407 e. The summed E-state index contributed by atoms with van der Waals surface area (Å²) in [5.41, 5.74) is 9.32. The molecule has 16 nitrogen and oxygen atoms in total. The molecule has 4 aliphatic rings. The Morgan fingerprint density at radius 3 is 2.36 bits per heavy atom. The van der Waals surface area contributed by atoms with E-state index in [4.69, 9.17) is 28.9 Å². The number of aromatic nitrogens is 4. The summed E-state index contributed by atoms with van der Waals surface area (Å²) in [6, 6.07) is 25.8. The van der Waals surface area contributed by atoms with E-state index in [1.165, 1.54) is 21.3 Å². The quantitative estimate of drug-likeness (QED) is 0.1000. The Kier molecular flexibility index (Phi) is 11.4. The maximum Gasteiger partial charge on any atom is 0.407 e. The van der Waals surface area contributed by atoms with Crippen LogP contribution in [0.1, 0.15) is 79.9 Å². The highest BCUT2D eigenvalue weighted by molar-refractivity contribution is 5.89. The standard InChI is InChI=1S/C50H52N8O8/c1-27(63-2)42(55-49(61)64-3)47(59)57-20-8-11-40(57)45-51-25-39(54-45)31-14-18-36-35-17-13-29(21-33(35)26-66-41(36)24-31)30-15-19-37-38(23-30)53-46(52-37)44-32-12-16-34(22-32)58(44)48(60)43(56-50(62)65-4)28-9-6-5-7-10-28/h5-7,9-10,13-15,17-19,21,23-25,27,32,34,40,42-44H,8,11-12,16,20,22,26H2,1-4H3,(H,51,54)(H,52,53)(H,55,61)(H,56,62)/t27-,32+,34-,40+,42?,43-,44+/m1/s1. The topological polar surface area (TPSA) is 193 Å². The molecule has 1 unspecified atom stereocenters. The maximum absolute atomic E-state index is 14.4. The number of hydrogen-bond acceptors (Lipinski definition) is 10. The molecule has 1 aliphatic carbocycles. The van der Waals surface area contributed by atoms with Gasteiger partial charge >= 0.3 is 12.2 Å². The first-order chi connectivity index (χ1) is 32.1. The third kappa shape index (κ3) is 7.78. The van der Waals surface area contributed by atoms with E-state index in [1.54, 1.807) is 18.0 Å². The number of benzene rings is 4. The van der Waals surface area contributed by atoms with Crippen molar-refractivity contribution < 1.29 is 38.1 Å². The molecule has 4 N–H and O–H groups in total. The molecule has 7 atom stereocenters. The molecule has 16 heteroatoms. The molecule has 0 spiro atoms. The molecule has 3 fully saturated rings. The zero-order valence-electron chi connectivity index (χ0n) is 37.2. The summed E-state index contributed by atoms with van der Waals surface area (Å²) in [7, 11) is 4.06. The molecule has 0 radical (unpaired) electrons. The predicted octanol–water partition coefficient (Wildman–Crippen LogP) is 7.75. The van der Waals surface area contributed by atoms with Crippen molar-refractivity contribution in [1.82, 2.24) is 40.4 Å². The monoisotopic (exact) mass is 892 g/mol. The van der Waals surface area contributed by atoms with Gasteiger partial charge in [0.1, 0.15) is 36.1 Å². The average Bonchev–Trinajstić information content (AvgIpc) is 4.23. The van der Waals surface area contributed by atoms with Crippen molar-refractivity contribution in [1.29, 1.82) is 0 Å². The first-order valence-corrected chi connectivity index (χ1v) is 22.5. The lowest BCUT2D eigenvalue weighted by Crippen LogP contribution is -2.54. The zero-order valence-corrected chi connectivity index (χ0v) is 37.2. The van der Waals surface area contributed by atoms with Crippen molar-refractivity contribution in [3.63, 3.8) is 0 Å². The van der Waals surface area contributed by atoms with E-state index in [0.717, 1.165) is 93.8 Å². The number of alkyl carbamates (subject to hydrolysis) is 2. The number of carbonyl (C=O) groups is 4. The lowest BCUT2D eigenvalue weighted by atomic mass is 9.92. The Morgan fingerprint density at radius 1 is 0.803 bits per heavy atom. The molecule has 4 amide bonds. The van der Waals surface area contributed by atoms with Gasteiger partial charge in [-0.1, -0.05) is 54.6 Å². The van der Waals surface area contributed by atoms with Crippen LogP contribution < -0.4 is 15.4 Å². The number of amides is 4. The third-order valence-electron chi connectivity index (χ3n) is 13.9. The molecule has 3 aliphatic heterocycles. The van der Waals surface area contributed by atoms with Crippen LogP contribution in [0.15, 0.2) is 91.1 Å². The highest BCUT2D eigenvalue weighted by Gasteiger charge is 2.51. The normalized spacial score (nSPS) is 20.8. The number of carbonyl (C=O) groups excluding carboxylic acids is 4. The largest absolute Gasteiger partial charge is 0.488 e. The van der Waals surface area contributed by atoms with Crippen LogP contribution >= 0.6 is 0 Å². The number of hydrogen-bond donors (Lipinski definition) is 4. The predicted molar refractivity (Wildman–Crippen MR) is 244 cm³/mol. The summed E-state index contributed by atoms with van der Waals surface area (Å²) in [5.74, 6) is 2.02. The van der Waals surface area contributed by atoms with Gasteiger partial charge in [0.05, 0.1) is 55.3 Å². The summed E-state index contributed by atoms with van der Waals surface area (Å²) in [5, 5.41) is 5.42. The number of nitrogens with zero attached hydrogens (tertiary/aromatic N) is 4. The first kappa shape index (κ1) is 42.7. The minimum atomic E-state index is -0.911. The van der Waals surface area contributed by atoms with Gasteiger partial charge in [0.2, 0.25) is 5.91 Å². The van der Waals surface area contributed by atoms with Crippen molar-refractivity contribution in [2.24, 2.45) is 5.92 Å². The molecule has 66 heavy (non-hydrogen) atoms. The van der Waals surface area contributed by atoms with E-state index < -0.39 is 30.4 Å². The Bertz CT molecular complexity index is 2830. The van der Waals surface area contributed by atoms with Crippen LogP contribution in [0.5, 0.6) is 5.75 Å². The summed E-state index contributed by atoms with van der Waals surface area (Å²) in [6.07, 6.45) is 4.19. The summed E-state index contributed by atoms with van der Waals surface area (Å²) in [4.78, 5) is 73.2. The second-order valence-corrected chi connectivity index (χ2v) is 17.5. The van der Waals surface area contributed by atoms with Crippen molar-refractivity contribution in [3.05, 3.63) is 114 Å². The number of aromatic amines is 2. The van der Waals surface area contributed by atoms with E-state index in [2.05, 4.69) is 57.0 Å². The fourth-order valence-electron chi connectivity index (χ4n) is 10.5. The average molecular weight is 893 g/mol. The number of rotatable bonds is 11. The van der Waals surface area contributed by atoms with Crippen LogP contribution in [-0.4, -0.2) is 99.8 Å². The second-order valence-electron chi connectivity index (χ2n) is 17.5. The maximum atomic E-state index is 14.4. The van der Waals surface area contributed by atoms with Gasteiger partial charge in [-0.2, -0.15) is 0 Å². The van der Waals surface area contributed by atoms with Crippen molar-refractivity contribution in [2.45, 2.75) is 81.9 Å². The molecular formula is C50H52N8O8. The molecule has 2 saturated heterocycles. The number of likely N-dealkylation sites (tertiary alicyclic amines) is 2. The van der Waals surface area contributed by atoms with Gasteiger partial charge in [0, 0.05) is 30.8 Å². The first-order valence-electron chi connectivity index (χ1n) is 22.5. The second kappa shape index (κ2) is 17.6. The number of imidazole rings is 2. The third-order valence-corrected chi connectivity index (χ3v) is 13.9. The summed E-state index contributed by atoms with van der Waals surface area (Å²) < 4.78 is 21.5. The molecule has 6 aromatic rings. The zero-order chi connectivity index (χ0) is 45.6. The van der Waals surface area contributed by atoms with Crippen molar-refractivity contribution in [2.75, 3.05) is 27.9 Å². The molecular weight excluding hydrogens is 841 g/mol. The Hall–Kier alpha value is -7.20. The summed E-state index contributed by atoms with van der Waals surface area (Å²) >= 11 is 0. The number of nitrogens with one attached hydrogen (secondary N) is 4. The van der Waals surface area contributed by atoms with Gasteiger partial charge in [-0.25, -0.2) is 19.6 Å². The highest BCUT2D eigenvalue weighted by atomic mass is 16.5. The molecule has 1 saturated carbocycles. The SMILES string of the molecule is COC(=O)NC(C(=O)N1CCC[C@H]1c1ncc(-c2ccc3c(c2)OCc2cc(-c4ccc5nc([C@@H]6[C@H]7CC[C@H](C7)N6C(=O)[C@H](NC(=O)OC)c6ccccc6)[nH]c5c4)ccc2-3)[nH]1)[C@@H](C)OC.